The Morgan fingerprint density at radius 3 is 2.57 bits per heavy atom. The number of carbonyl (C=O) groups is 1. The van der Waals surface area contributed by atoms with Gasteiger partial charge in [-0.25, -0.2) is 0 Å². The van der Waals surface area contributed by atoms with E-state index in [1.165, 1.54) is 4.90 Å². The zero-order valence-electron chi connectivity index (χ0n) is 14.0. The number of carbonyl (C=O) groups excluding carboxylic acids is 1. The molecule has 124 valence electrons. The van der Waals surface area contributed by atoms with Gasteiger partial charge in [0.2, 0.25) is 0 Å². The molecule has 0 spiro atoms. The first-order valence-corrected chi connectivity index (χ1v) is 7.96. The van der Waals surface area contributed by atoms with Crippen molar-refractivity contribution in [2.45, 2.75) is 19.4 Å². The number of amides is 1. The highest BCUT2D eigenvalue weighted by molar-refractivity contribution is 5.94. The van der Waals surface area contributed by atoms with Gasteiger partial charge in [-0.05, 0) is 42.8 Å². The minimum absolute atomic E-state index is 0.0844. The summed E-state index contributed by atoms with van der Waals surface area (Å²) < 4.78 is 11.0. The maximum Gasteiger partial charge on any atom is 0.251 e. The van der Waals surface area contributed by atoms with Crippen LogP contribution in [0.25, 0.3) is 0 Å². The summed E-state index contributed by atoms with van der Waals surface area (Å²) in [4.78, 5) is 13.5. The lowest BCUT2D eigenvalue weighted by Gasteiger charge is -2.19. The van der Waals surface area contributed by atoms with Crippen LogP contribution in [-0.2, 0) is 0 Å². The van der Waals surface area contributed by atoms with Gasteiger partial charge in [0, 0.05) is 5.56 Å². The number of quaternary nitrogens is 1. The highest BCUT2D eigenvalue weighted by atomic mass is 16.5. The van der Waals surface area contributed by atoms with Crippen LogP contribution in [0.3, 0.4) is 0 Å². The van der Waals surface area contributed by atoms with Gasteiger partial charge in [0.1, 0.15) is 5.75 Å². The smallest absolute Gasteiger partial charge is 0.251 e. The van der Waals surface area contributed by atoms with E-state index in [9.17, 15) is 4.79 Å². The fourth-order valence-corrected chi connectivity index (χ4v) is 2.30. The molecule has 0 aliphatic rings. The molecule has 1 aromatic heterocycles. The first-order valence-electron chi connectivity index (χ1n) is 7.96. The van der Waals surface area contributed by atoms with Crippen LogP contribution in [0.15, 0.2) is 47.1 Å². The van der Waals surface area contributed by atoms with Crippen LogP contribution in [0.1, 0.15) is 35.5 Å². The molecule has 0 radical (unpaired) electrons. The van der Waals surface area contributed by atoms with Gasteiger partial charge in [-0.2, -0.15) is 0 Å². The lowest BCUT2D eigenvalue weighted by molar-refractivity contribution is -0.891. The number of benzene rings is 1. The van der Waals surface area contributed by atoms with Crippen molar-refractivity contribution in [3.63, 3.8) is 0 Å². The van der Waals surface area contributed by atoms with Crippen molar-refractivity contribution in [1.29, 1.82) is 0 Å². The fourth-order valence-electron chi connectivity index (χ4n) is 2.30. The SMILES string of the molecule is CCCOc1ccc(C(=O)NC[C@H](c2ccco2)[NH+](C)C)cc1. The van der Waals surface area contributed by atoms with E-state index in [1.54, 1.807) is 18.4 Å². The normalized spacial score (nSPS) is 12.2. The first kappa shape index (κ1) is 17.1. The molecule has 23 heavy (non-hydrogen) atoms. The second-order valence-electron chi connectivity index (χ2n) is 5.73. The molecule has 1 amide bonds. The molecule has 0 saturated carbocycles. The van der Waals surface area contributed by atoms with E-state index in [0.29, 0.717) is 18.7 Å². The minimum atomic E-state index is -0.0927. The van der Waals surface area contributed by atoms with Crippen LogP contribution in [0, 0.1) is 0 Å². The zero-order chi connectivity index (χ0) is 16.7. The van der Waals surface area contributed by atoms with Crippen molar-refractivity contribution in [3.05, 3.63) is 54.0 Å². The zero-order valence-corrected chi connectivity index (χ0v) is 14.0. The Kier molecular flexibility index (Phi) is 6.23. The molecule has 0 aliphatic carbocycles. The molecule has 5 nitrogen and oxygen atoms in total. The maximum absolute atomic E-state index is 12.3. The predicted octanol–water partition coefficient (Wildman–Crippen LogP) is 1.68. The van der Waals surface area contributed by atoms with Gasteiger partial charge < -0.3 is 19.4 Å². The number of nitrogens with one attached hydrogen (secondary N) is 2. The summed E-state index contributed by atoms with van der Waals surface area (Å²) in [6.07, 6.45) is 2.62. The third-order valence-electron chi connectivity index (χ3n) is 3.64. The van der Waals surface area contributed by atoms with Crippen LogP contribution < -0.4 is 15.0 Å². The van der Waals surface area contributed by atoms with Crippen molar-refractivity contribution in [2.24, 2.45) is 0 Å². The summed E-state index contributed by atoms with van der Waals surface area (Å²) >= 11 is 0. The van der Waals surface area contributed by atoms with Gasteiger partial charge in [-0.3, -0.25) is 4.79 Å². The third-order valence-corrected chi connectivity index (χ3v) is 3.64. The summed E-state index contributed by atoms with van der Waals surface area (Å²) in [6, 6.07) is 11.1. The third kappa shape index (κ3) is 4.86. The number of rotatable bonds is 8. The van der Waals surface area contributed by atoms with E-state index >= 15 is 0 Å². The van der Waals surface area contributed by atoms with Gasteiger partial charge in [0.05, 0.1) is 33.5 Å². The molecule has 2 N–H and O–H groups in total. The van der Waals surface area contributed by atoms with E-state index in [1.807, 2.05) is 38.4 Å². The van der Waals surface area contributed by atoms with Crippen LogP contribution >= 0.6 is 0 Å². The van der Waals surface area contributed by atoms with E-state index in [0.717, 1.165) is 17.9 Å². The van der Waals surface area contributed by atoms with Gasteiger partial charge in [-0.1, -0.05) is 6.92 Å². The van der Waals surface area contributed by atoms with Crippen molar-refractivity contribution in [3.8, 4) is 5.75 Å². The number of likely N-dealkylation sites (N-methyl/N-ethyl adjacent to an activating group) is 1. The van der Waals surface area contributed by atoms with Crippen LogP contribution in [0.5, 0.6) is 5.75 Å². The number of ether oxygens (including phenoxy) is 1. The molecule has 0 aliphatic heterocycles. The minimum Gasteiger partial charge on any atom is -0.494 e. The van der Waals surface area contributed by atoms with E-state index in [-0.39, 0.29) is 11.9 Å². The van der Waals surface area contributed by atoms with Gasteiger partial charge in [-0.15, -0.1) is 0 Å². The fraction of sp³-hybridized carbons (Fsp3) is 0.389. The van der Waals surface area contributed by atoms with Crippen molar-refractivity contribution in [1.82, 2.24) is 5.32 Å². The molecular formula is C18H25N2O3+. The van der Waals surface area contributed by atoms with Crippen LogP contribution in [0.2, 0.25) is 0 Å². The Labute approximate surface area is 137 Å². The van der Waals surface area contributed by atoms with Gasteiger partial charge >= 0.3 is 0 Å². The molecule has 1 heterocycles. The molecule has 1 aromatic carbocycles. The number of furan rings is 1. The Hall–Kier alpha value is -2.27. The van der Waals surface area contributed by atoms with Crippen molar-refractivity contribution < 1.29 is 18.8 Å². The van der Waals surface area contributed by atoms with Crippen LogP contribution in [0.4, 0.5) is 0 Å². The summed E-state index contributed by atoms with van der Waals surface area (Å²) in [5.74, 6) is 1.56. The molecule has 2 aromatic rings. The lowest BCUT2D eigenvalue weighted by Crippen LogP contribution is -3.07. The highest BCUT2D eigenvalue weighted by Crippen LogP contribution is 2.13. The second kappa shape index (κ2) is 8.39. The monoisotopic (exact) mass is 317 g/mol. The Bertz CT molecular complexity index is 591. The molecule has 0 saturated heterocycles. The number of hydrogen-bond acceptors (Lipinski definition) is 3. The summed E-state index contributed by atoms with van der Waals surface area (Å²) in [7, 11) is 4.08. The van der Waals surface area contributed by atoms with Crippen molar-refractivity contribution in [2.75, 3.05) is 27.2 Å². The maximum atomic E-state index is 12.3. The molecule has 1 atom stereocenters. The van der Waals surface area contributed by atoms with Gasteiger partial charge in [0.15, 0.2) is 11.8 Å². The van der Waals surface area contributed by atoms with E-state index in [4.69, 9.17) is 9.15 Å². The second-order valence-corrected chi connectivity index (χ2v) is 5.73. The summed E-state index contributed by atoms with van der Waals surface area (Å²) in [5, 5.41) is 2.97. The molecule has 0 fully saturated rings. The molecule has 5 heteroatoms. The van der Waals surface area contributed by atoms with Gasteiger partial charge in [0.25, 0.3) is 5.91 Å². The quantitative estimate of drug-likeness (QED) is 0.779. The largest absolute Gasteiger partial charge is 0.494 e. The molecule has 2 rings (SSSR count). The Morgan fingerprint density at radius 2 is 2.00 bits per heavy atom. The topological polar surface area (TPSA) is 55.9 Å². The molecular weight excluding hydrogens is 292 g/mol. The van der Waals surface area contributed by atoms with E-state index < -0.39 is 0 Å². The Morgan fingerprint density at radius 1 is 1.26 bits per heavy atom. The summed E-state index contributed by atoms with van der Waals surface area (Å²) in [5.41, 5.74) is 0.626. The average molecular weight is 317 g/mol. The highest BCUT2D eigenvalue weighted by Gasteiger charge is 2.21. The first-order chi connectivity index (χ1) is 11.1. The van der Waals surface area contributed by atoms with E-state index in [2.05, 4.69) is 12.2 Å². The van der Waals surface area contributed by atoms with Crippen LogP contribution in [-0.4, -0.2) is 33.2 Å². The van der Waals surface area contributed by atoms with Crippen molar-refractivity contribution >= 4 is 5.91 Å². The summed E-state index contributed by atoms with van der Waals surface area (Å²) in [6.45, 7) is 3.26. The standard InChI is InChI=1S/C18H24N2O3/c1-4-11-22-15-9-7-14(8-10-15)18(21)19-13-16(20(2)3)17-6-5-12-23-17/h5-10,12,16H,4,11,13H2,1-3H3,(H,19,21)/p+1/t16-/m1/s1. The molecule has 0 unspecified atom stereocenters. The Balaban J connectivity index is 1.93. The lowest BCUT2D eigenvalue weighted by atomic mass is 10.1. The molecule has 0 bridgehead atoms. The predicted molar refractivity (Wildman–Crippen MR) is 88.8 cm³/mol. The average Bonchev–Trinajstić information content (AvgIpc) is 3.07. The number of hydrogen-bond donors (Lipinski definition) is 2.